The SMILES string of the molecule is CN1C(=O)COc2ccc(CCNC(=O)Cc3cccc(F)c3)cc21. The minimum absolute atomic E-state index is 0.0545. The van der Waals surface area contributed by atoms with Crippen molar-refractivity contribution in [2.75, 3.05) is 25.1 Å². The van der Waals surface area contributed by atoms with Crippen molar-refractivity contribution in [1.29, 1.82) is 0 Å². The van der Waals surface area contributed by atoms with Gasteiger partial charge in [-0.15, -0.1) is 0 Å². The van der Waals surface area contributed by atoms with Crippen LogP contribution >= 0.6 is 0 Å². The summed E-state index contributed by atoms with van der Waals surface area (Å²) in [4.78, 5) is 25.2. The molecule has 1 aliphatic heterocycles. The van der Waals surface area contributed by atoms with E-state index in [2.05, 4.69) is 5.32 Å². The standard InChI is InChI=1S/C19H19FN2O3/c1-22-16-10-13(5-6-17(16)25-12-19(22)24)7-8-21-18(23)11-14-3-2-4-15(20)9-14/h2-6,9-10H,7-8,11-12H2,1H3,(H,21,23). The lowest BCUT2D eigenvalue weighted by molar-refractivity contribution is -0.121. The maximum Gasteiger partial charge on any atom is 0.264 e. The number of anilines is 1. The zero-order chi connectivity index (χ0) is 17.8. The fraction of sp³-hybridized carbons (Fsp3) is 0.263. The fourth-order valence-electron chi connectivity index (χ4n) is 2.71. The Bertz CT molecular complexity index is 807. The summed E-state index contributed by atoms with van der Waals surface area (Å²) in [5.41, 5.74) is 2.37. The van der Waals surface area contributed by atoms with E-state index in [0.29, 0.717) is 24.3 Å². The Hall–Kier alpha value is -2.89. The molecule has 5 nitrogen and oxygen atoms in total. The van der Waals surface area contributed by atoms with Crippen molar-refractivity contribution in [3.8, 4) is 5.75 Å². The Balaban J connectivity index is 1.54. The van der Waals surface area contributed by atoms with Crippen molar-refractivity contribution in [3.05, 3.63) is 59.4 Å². The van der Waals surface area contributed by atoms with Gasteiger partial charge in [-0.3, -0.25) is 9.59 Å². The van der Waals surface area contributed by atoms with Crippen molar-refractivity contribution in [2.24, 2.45) is 0 Å². The van der Waals surface area contributed by atoms with E-state index in [9.17, 15) is 14.0 Å². The first-order valence-corrected chi connectivity index (χ1v) is 8.06. The number of benzene rings is 2. The van der Waals surface area contributed by atoms with Crippen molar-refractivity contribution in [2.45, 2.75) is 12.8 Å². The first-order chi connectivity index (χ1) is 12.0. The van der Waals surface area contributed by atoms with Gasteiger partial charge < -0.3 is 15.0 Å². The number of amides is 2. The molecule has 6 heteroatoms. The summed E-state index contributed by atoms with van der Waals surface area (Å²) in [5.74, 6) is 0.0912. The summed E-state index contributed by atoms with van der Waals surface area (Å²) >= 11 is 0. The van der Waals surface area contributed by atoms with Gasteiger partial charge in [-0.05, 0) is 41.8 Å². The zero-order valence-corrected chi connectivity index (χ0v) is 13.9. The third kappa shape index (κ3) is 4.15. The van der Waals surface area contributed by atoms with Crippen LogP contribution in [0.15, 0.2) is 42.5 Å². The number of carbonyl (C=O) groups excluding carboxylic acids is 2. The average Bonchev–Trinajstić information content (AvgIpc) is 2.58. The number of ether oxygens (including phenoxy) is 1. The first kappa shape index (κ1) is 17.0. The molecule has 0 aliphatic carbocycles. The van der Waals surface area contributed by atoms with Crippen LogP contribution in [0.1, 0.15) is 11.1 Å². The second-order valence-electron chi connectivity index (χ2n) is 5.95. The molecule has 2 aromatic carbocycles. The Labute approximate surface area is 145 Å². The van der Waals surface area contributed by atoms with Crippen LogP contribution in [-0.2, 0) is 22.4 Å². The number of halogens is 1. The quantitative estimate of drug-likeness (QED) is 0.905. The van der Waals surface area contributed by atoms with Crippen LogP contribution in [0.4, 0.5) is 10.1 Å². The van der Waals surface area contributed by atoms with Gasteiger partial charge in [0.05, 0.1) is 12.1 Å². The van der Waals surface area contributed by atoms with E-state index in [1.165, 1.54) is 12.1 Å². The highest BCUT2D eigenvalue weighted by molar-refractivity contribution is 5.97. The molecule has 0 saturated heterocycles. The number of nitrogens with zero attached hydrogens (tertiary/aromatic N) is 1. The fourth-order valence-corrected chi connectivity index (χ4v) is 2.71. The van der Waals surface area contributed by atoms with Crippen molar-refractivity contribution in [3.63, 3.8) is 0 Å². The summed E-state index contributed by atoms with van der Waals surface area (Å²) in [5, 5.41) is 2.83. The maximum atomic E-state index is 13.1. The van der Waals surface area contributed by atoms with Gasteiger partial charge >= 0.3 is 0 Å². The molecule has 0 atom stereocenters. The summed E-state index contributed by atoms with van der Waals surface area (Å²) in [6.45, 7) is 0.518. The molecule has 0 spiro atoms. The molecule has 0 saturated carbocycles. The lowest BCUT2D eigenvalue weighted by atomic mass is 10.1. The van der Waals surface area contributed by atoms with Gasteiger partial charge in [0, 0.05) is 13.6 Å². The number of likely N-dealkylation sites (N-methyl/N-ethyl adjacent to an activating group) is 1. The van der Waals surface area contributed by atoms with E-state index >= 15 is 0 Å². The van der Waals surface area contributed by atoms with Crippen molar-refractivity contribution < 1.29 is 18.7 Å². The molecule has 0 unspecified atom stereocenters. The summed E-state index contributed by atoms with van der Waals surface area (Å²) < 4.78 is 18.5. The number of rotatable bonds is 5. The normalized spacial score (nSPS) is 13.2. The van der Waals surface area contributed by atoms with Crippen LogP contribution < -0.4 is 15.0 Å². The van der Waals surface area contributed by atoms with Crippen molar-refractivity contribution in [1.82, 2.24) is 5.32 Å². The number of hydrogen-bond acceptors (Lipinski definition) is 3. The van der Waals surface area contributed by atoms with Crippen LogP contribution in [0.3, 0.4) is 0 Å². The van der Waals surface area contributed by atoms with Gasteiger partial charge in [0.1, 0.15) is 11.6 Å². The zero-order valence-electron chi connectivity index (χ0n) is 13.9. The molecular formula is C19H19FN2O3. The minimum Gasteiger partial charge on any atom is -0.482 e. The second kappa shape index (κ2) is 7.34. The van der Waals surface area contributed by atoms with Crippen LogP contribution in [0.25, 0.3) is 0 Å². The molecular weight excluding hydrogens is 323 g/mol. The lowest BCUT2D eigenvalue weighted by Crippen LogP contribution is -2.35. The molecule has 1 N–H and O–H groups in total. The molecule has 1 aliphatic rings. The Kier molecular flexibility index (Phi) is 4.97. The van der Waals surface area contributed by atoms with E-state index in [4.69, 9.17) is 4.74 Å². The Morgan fingerprint density at radius 2 is 2.08 bits per heavy atom. The average molecular weight is 342 g/mol. The molecule has 1 heterocycles. The predicted octanol–water partition coefficient (Wildman–Crippen LogP) is 2.08. The highest BCUT2D eigenvalue weighted by Crippen LogP contribution is 2.31. The predicted molar refractivity (Wildman–Crippen MR) is 92.2 cm³/mol. The summed E-state index contributed by atoms with van der Waals surface area (Å²) in [6.07, 6.45) is 0.775. The molecule has 2 aromatic rings. The van der Waals surface area contributed by atoms with Gasteiger partial charge in [-0.2, -0.15) is 0 Å². The van der Waals surface area contributed by atoms with E-state index in [1.54, 1.807) is 24.1 Å². The molecule has 2 amide bonds. The number of hydrogen-bond donors (Lipinski definition) is 1. The summed E-state index contributed by atoms with van der Waals surface area (Å²) in [7, 11) is 1.72. The highest BCUT2D eigenvalue weighted by Gasteiger charge is 2.22. The molecule has 25 heavy (non-hydrogen) atoms. The lowest BCUT2D eigenvalue weighted by Gasteiger charge is -2.26. The summed E-state index contributed by atoms with van der Waals surface area (Å²) in [6, 6.07) is 11.7. The maximum absolute atomic E-state index is 13.1. The largest absolute Gasteiger partial charge is 0.482 e. The highest BCUT2D eigenvalue weighted by atomic mass is 19.1. The van der Waals surface area contributed by atoms with Crippen molar-refractivity contribution >= 4 is 17.5 Å². The van der Waals surface area contributed by atoms with Crippen LogP contribution in [0.5, 0.6) is 5.75 Å². The number of carbonyl (C=O) groups is 2. The monoisotopic (exact) mass is 342 g/mol. The topological polar surface area (TPSA) is 58.6 Å². The van der Waals surface area contributed by atoms with Gasteiger partial charge in [-0.25, -0.2) is 4.39 Å². The third-order valence-corrected chi connectivity index (χ3v) is 4.10. The number of nitrogens with one attached hydrogen (secondary N) is 1. The van der Waals surface area contributed by atoms with Gasteiger partial charge in [0.2, 0.25) is 5.91 Å². The molecule has 0 bridgehead atoms. The van der Waals surface area contributed by atoms with Crippen LogP contribution in [0, 0.1) is 5.82 Å². The van der Waals surface area contributed by atoms with Gasteiger partial charge in [-0.1, -0.05) is 18.2 Å². The van der Waals surface area contributed by atoms with E-state index < -0.39 is 0 Å². The molecule has 0 aromatic heterocycles. The Morgan fingerprint density at radius 3 is 2.88 bits per heavy atom. The van der Waals surface area contributed by atoms with E-state index in [0.717, 1.165) is 11.3 Å². The first-order valence-electron chi connectivity index (χ1n) is 8.06. The van der Waals surface area contributed by atoms with E-state index in [-0.39, 0.29) is 30.7 Å². The smallest absolute Gasteiger partial charge is 0.264 e. The molecule has 130 valence electrons. The molecule has 3 rings (SSSR count). The van der Waals surface area contributed by atoms with E-state index in [1.807, 2.05) is 18.2 Å². The minimum atomic E-state index is -0.347. The molecule has 0 fully saturated rings. The van der Waals surface area contributed by atoms with Gasteiger partial charge in [0.15, 0.2) is 6.61 Å². The Morgan fingerprint density at radius 1 is 1.24 bits per heavy atom. The second-order valence-corrected chi connectivity index (χ2v) is 5.95. The van der Waals surface area contributed by atoms with Crippen LogP contribution in [0.2, 0.25) is 0 Å². The van der Waals surface area contributed by atoms with Crippen LogP contribution in [-0.4, -0.2) is 32.0 Å². The molecule has 0 radical (unpaired) electrons. The van der Waals surface area contributed by atoms with Gasteiger partial charge in [0.25, 0.3) is 5.91 Å². The number of fused-ring (bicyclic) bond motifs is 1. The third-order valence-electron chi connectivity index (χ3n) is 4.10.